The minimum absolute atomic E-state index is 0.141. The maximum Gasteiger partial charge on any atom is 0.146 e. The second kappa shape index (κ2) is 5.66. The first-order valence-corrected chi connectivity index (χ1v) is 5.51. The topological polar surface area (TPSA) is 29.3 Å². The highest BCUT2D eigenvalue weighted by Crippen LogP contribution is 2.22. The molecule has 2 nitrogen and oxygen atoms in total. The first kappa shape index (κ1) is 12.7. The lowest BCUT2D eigenvalue weighted by Gasteiger charge is -2.22. The van der Waals surface area contributed by atoms with Gasteiger partial charge < -0.3 is 10.6 Å². The van der Waals surface area contributed by atoms with Crippen LogP contribution >= 0.6 is 0 Å². The van der Waals surface area contributed by atoms with Gasteiger partial charge in [0.05, 0.1) is 5.69 Å². The van der Waals surface area contributed by atoms with Crippen molar-refractivity contribution in [3.63, 3.8) is 0 Å². The fraction of sp³-hybridized carbons (Fsp3) is 0.385. The van der Waals surface area contributed by atoms with E-state index in [9.17, 15) is 4.39 Å². The molecule has 0 aromatic heterocycles. The monoisotopic (exact) mass is 222 g/mol. The molecule has 0 bridgehead atoms. The fourth-order valence-corrected chi connectivity index (χ4v) is 1.62. The highest BCUT2D eigenvalue weighted by molar-refractivity contribution is 5.50. The first-order chi connectivity index (χ1) is 7.60. The molecular weight excluding hydrogens is 203 g/mol. The van der Waals surface area contributed by atoms with Gasteiger partial charge in [0.25, 0.3) is 0 Å². The Balaban J connectivity index is 3.01. The van der Waals surface area contributed by atoms with Crippen LogP contribution in [0.25, 0.3) is 0 Å². The molecule has 1 atom stereocenters. The van der Waals surface area contributed by atoms with Crippen LogP contribution in [0.5, 0.6) is 0 Å². The Bertz CT molecular complexity index is 361. The van der Waals surface area contributed by atoms with Crippen molar-refractivity contribution < 1.29 is 4.39 Å². The molecule has 0 saturated carbocycles. The molecular formula is C13H19FN2. The zero-order valence-corrected chi connectivity index (χ0v) is 9.91. The van der Waals surface area contributed by atoms with Crippen molar-refractivity contribution in [1.82, 2.24) is 0 Å². The van der Waals surface area contributed by atoms with Gasteiger partial charge in [-0.1, -0.05) is 12.1 Å². The zero-order chi connectivity index (χ0) is 12.1. The van der Waals surface area contributed by atoms with Gasteiger partial charge in [0, 0.05) is 19.1 Å². The van der Waals surface area contributed by atoms with Crippen LogP contribution in [0.1, 0.15) is 25.5 Å². The number of hydrogen-bond donors (Lipinski definition) is 1. The van der Waals surface area contributed by atoms with Gasteiger partial charge in [-0.05, 0) is 31.5 Å². The summed E-state index contributed by atoms with van der Waals surface area (Å²) in [6.45, 7) is 8.89. The number of halogens is 1. The minimum Gasteiger partial charge on any atom is -0.366 e. The van der Waals surface area contributed by atoms with E-state index in [-0.39, 0.29) is 11.9 Å². The van der Waals surface area contributed by atoms with Crippen molar-refractivity contribution in [1.29, 1.82) is 0 Å². The van der Waals surface area contributed by atoms with Gasteiger partial charge >= 0.3 is 0 Å². The maximum absolute atomic E-state index is 13.8. The van der Waals surface area contributed by atoms with Crippen LogP contribution < -0.4 is 10.6 Å². The van der Waals surface area contributed by atoms with E-state index < -0.39 is 0 Å². The van der Waals surface area contributed by atoms with Crippen LogP contribution in [0.3, 0.4) is 0 Å². The van der Waals surface area contributed by atoms with Crippen LogP contribution in [-0.4, -0.2) is 13.1 Å². The van der Waals surface area contributed by atoms with Gasteiger partial charge in [0.1, 0.15) is 5.82 Å². The van der Waals surface area contributed by atoms with Crippen LogP contribution in [0.15, 0.2) is 30.9 Å². The number of anilines is 1. The summed E-state index contributed by atoms with van der Waals surface area (Å²) < 4.78 is 13.8. The molecule has 0 aliphatic heterocycles. The molecule has 0 aliphatic carbocycles. The van der Waals surface area contributed by atoms with Gasteiger partial charge in [-0.2, -0.15) is 0 Å². The van der Waals surface area contributed by atoms with E-state index in [1.54, 1.807) is 12.1 Å². The number of rotatable bonds is 5. The van der Waals surface area contributed by atoms with Crippen LogP contribution in [0.4, 0.5) is 10.1 Å². The summed E-state index contributed by atoms with van der Waals surface area (Å²) in [5.74, 6) is -0.224. The lowest BCUT2D eigenvalue weighted by atomic mass is 10.1. The Morgan fingerprint density at radius 3 is 2.69 bits per heavy atom. The first-order valence-electron chi connectivity index (χ1n) is 5.51. The molecule has 0 fully saturated rings. The molecule has 1 aromatic rings. The van der Waals surface area contributed by atoms with E-state index in [2.05, 4.69) is 6.58 Å². The summed E-state index contributed by atoms with van der Waals surface area (Å²) in [4.78, 5) is 1.92. The molecule has 1 unspecified atom stereocenters. The van der Waals surface area contributed by atoms with Gasteiger partial charge in [0.15, 0.2) is 0 Å². The van der Waals surface area contributed by atoms with E-state index >= 15 is 0 Å². The second-order valence-corrected chi connectivity index (χ2v) is 3.83. The van der Waals surface area contributed by atoms with E-state index in [0.717, 1.165) is 12.1 Å². The van der Waals surface area contributed by atoms with Gasteiger partial charge in [-0.3, -0.25) is 0 Å². The molecule has 1 rings (SSSR count). The normalized spacial score (nSPS) is 12.2. The van der Waals surface area contributed by atoms with E-state index in [4.69, 9.17) is 5.73 Å². The second-order valence-electron chi connectivity index (χ2n) is 3.83. The molecule has 0 aliphatic rings. The molecule has 2 N–H and O–H groups in total. The summed E-state index contributed by atoms with van der Waals surface area (Å²) in [5, 5.41) is 0. The van der Waals surface area contributed by atoms with E-state index in [1.807, 2.05) is 24.8 Å². The van der Waals surface area contributed by atoms with Crippen molar-refractivity contribution in [2.75, 3.05) is 18.0 Å². The Morgan fingerprint density at radius 1 is 1.56 bits per heavy atom. The SMILES string of the molecule is C=CCN(CC)c1ccc(C(C)N)cc1F. The van der Waals surface area contributed by atoms with E-state index in [0.29, 0.717) is 12.2 Å². The van der Waals surface area contributed by atoms with Gasteiger partial charge in [-0.15, -0.1) is 6.58 Å². The van der Waals surface area contributed by atoms with Crippen molar-refractivity contribution >= 4 is 5.69 Å². The highest BCUT2D eigenvalue weighted by Gasteiger charge is 2.10. The fourth-order valence-electron chi connectivity index (χ4n) is 1.62. The summed E-state index contributed by atoms with van der Waals surface area (Å²) in [7, 11) is 0. The van der Waals surface area contributed by atoms with Crippen LogP contribution in [-0.2, 0) is 0 Å². The molecule has 1 aromatic carbocycles. The summed E-state index contributed by atoms with van der Waals surface area (Å²) in [6.07, 6.45) is 1.77. The molecule has 3 heteroatoms. The molecule has 16 heavy (non-hydrogen) atoms. The van der Waals surface area contributed by atoms with Crippen molar-refractivity contribution in [2.24, 2.45) is 5.73 Å². The van der Waals surface area contributed by atoms with Crippen LogP contribution in [0, 0.1) is 5.82 Å². The number of likely N-dealkylation sites (N-methyl/N-ethyl adjacent to an activating group) is 1. The highest BCUT2D eigenvalue weighted by atomic mass is 19.1. The third-order valence-corrected chi connectivity index (χ3v) is 2.57. The smallest absolute Gasteiger partial charge is 0.146 e. The lowest BCUT2D eigenvalue weighted by molar-refractivity contribution is 0.616. The predicted octanol–water partition coefficient (Wildman–Crippen LogP) is 2.86. The number of hydrogen-bond acceptors (Lipinski definition) is 2. The Hall–Kier alpha value is -1.35. The summed E-state index contributed by atoms with van der Waals surface area (Å²) in [6, 6.07) is 5.01. The van der Waals surface area contributed by atoms with Crippen LogP contribution in [0.2, 0.25) is 0 Å². The van der Waals surface area contributed by atoms with Crippen molar-refractivity contribution in [2.45, 2.75) is 19.9 Å². The minimum atomic E-state index is -0.224. The lowest BCUT2D eigenvalue weighted by Crippen LogP contribution is -2.23. The third-order valence-electron chi connectivity index (χ3n) is 2.57. The number of nitrogens with two attached hydrogens (primary N) is 1. The Morgan fingerprint density at radius 2 is 2.25 bits per heavy atom. The van der Waals surface area contributed by atoms with Gasteiger partial charge in [0.2, 0.25) is 0 Å². The molecule has 0 radical (unpaired) electrons. The maximum atomic E-state index is 13.8. The molecule has 0 spiro atoms. The zero-order valence-electron chi connectivity index (χ0n) is 9.91. The van der Waals surface area contributed by atoms with E-state index in [1.165, 1.54) is 6.07 Å². The molecule has 0 saturated heterocycles. The molecule has 0 heterocycles. The molecule has 0 amide bonds. The Kier molecular flexibility index (Phi) is 4.50. The predicted molar refractivity (Wildman–Crippen MR) is 67.1 cm³/mol. The van der Waals surface area contributed by atoms with Crippen molar-refractivity contribution in [3.05, 3.63) is 42.2 Å². The van der Waals surface area contributed by atoms with Gasteiger partial charge in [-0.25, -0.2) is 4.39 Å². The quantitative estimate of drug-likeness (QED) is 0.776. The number of nitrogens with zero attached hydrogens (tertiary/aromatic N) is 1. The average molecular weight is 222 g/mol. The van der Waals surface area contributed by atoms with Crippen molar-refractivity contribution in [3.8, 4) is 0 Å². The Labute approximate surface area is 96.6 Å². The molecule has 88 valence electrons. The summed E-state index contributed by atoms with van der Waals surface area (Å²) >= 11 is 0. The standard InChI is InChI=1S/C13H19FN2/c1-4-8-16(5-2)13-7-6-11(10(3)15)9-12(13)14/h4,6-7,9-10H,1,5,8,15H2,2-3H3. The summed E-state index contributed by atoms with van der Waals surface area (Å²) in [5.41, 5.74) is 7.12. The average Bonchev–Trinajstić information content (AvgIpc) is 2.26. The third kappa shape index (κ3) is 2.83. The number of benzene rings is 1. The largest absolute Gasteiger partial charge is 0.366 e.